The van der Waals surface area contributed by atoms with E-state index in [1.54, 1.807) is 32.1 Å². The lowest BCUT2D eigenvalue weighted by molar-refractivity contribution is -0.139. The number of piperidine rings is 1. The molecule has 2 aliphatic rings. The minimum atomic E-state index is -1.10. The Labute approximate surface area is 219 Å². The van der Waals surface area contributed by atoms with Crippen molar-refractivity contribution in [2.45, 2.75) is 50.5 Å². The zero-order chi connectivity index (χ0) is 25.8. The van der Waals surface area contributed by atoms with E-state index in [9.17, 15) is 14.7 Å². The van der Waals surface area contributed by atoms with Crippen molar-refractivity contribution in [1.29, 1.82) is 0 Å². The lowest BCUT2D eigenvalue weighted by atomic mass is 9.92. The van der Waals surface area contributed by atoms with Crippen molar-refractivity contribution in [3.63, 3.8) is 0 Å². The Morgan fingerprint density at radius 3 is 2.47 bits per heavy atom. The number of pyridine rings is 1. The molecule has 2 heterocycles. The number of likely N-dealkylation sites (N-methyl/N-ethyl adjacent to an activating group) is 1. The fourth-order valence-corrected chi connectivity index (χ4v) is 5.16. The molecule has 1 aliphatic carbocycles. The smallest absolute Gasteiger partial charge is 0.256 e. The largest absolute Gasteiger partial charge is 0.378 e. The molecule has 7 nitrogen and oxygen atoms in total. The summed E-state index contributed by atoms with van der Waals surface area (Å²) < 4.78 is 0. The summed E-state index contributed by atoms with van der Waals surface area (Å²) in [7, 11) is 5.17. The fourth-order valence-electron chi connectivity index (χ4n) is 4.93. The molecular formula is C28H37ClN4O3. The van der Waals surface area contributed by atoms with Crippen LogP contribution in [0.5, 0.6) is 0 Å². The molecule has 36 heavy (non-hydrogen) atoms. The molecule has 0 bridgehead atoms. The summed E-state index contributed by atoms with van der Waals surface area (Å²) in [6, 6.07) is 11.5. The van der Waals surface area contributed by atoms with Crippen molar-refractivity contribution in [1.82, 2.24) is 14.8 Å². The van der Waals surface area contributed by atoms with Gasteiger partial charge in [0, 0.05) is 40.8 Å². The van der Waals surface area contributed by atoms with Crippen LogP contribution < -0.4 is 4.90 Å². The molecule has 8 heteroatoms. The van der Waals surface area contributed by atoms with Gasteiger partial charge in [-0.05, 0) is 73.6 Å². The van der Waals surface area contributed by atoms with Crippen LogP contribution >= 0.6 is 11.6 Å². The summed E-state index contributed by atoms with van der Waals surface area (Å²) in [6.45, 7) is 2.41. The van der Waals surface area contributed by atoms with Gasteiger partial charge in [-0.2, -0.15) is 0 Å². The molecule has 4 rings (SSSR count). The van der Waals surface area contributed by atoms with E-state index in [0.29, 0.717) is 29.5 Å². The third-order valence-corrected chi connectivity index (χ3v) is 7.69. The van der Waals surface area contributed by atoms with E-state index < -0.39 is 6.10 Å². The molecule has 1 aromatic heterocycles. The number of hydrogen-bond donors (Lipinski definition) is 1. The quantitative estimate of drug-likeness (QED) is 0.500. The number of anilines is 1. The Kier molecular flexibility index (Phi) is 8.52. The SMILES string of the molecule is CN(C)C(=O)c1ccc(N2CCC(CCCN(C)C(=O)C(O)c3cccc(C4CC4)c3)CC2)nc1Cl. The molecule has 2 amide bonds. The number of rotatable bonds is 9. The number of hydrogen-bond acceptors (Lipinski definition) is 5. The van der Waals surface area contributed by atoms with Gasteiger partial charge in [0.25, 0.3) is 11.8 Å². The molecule has 1 aromatic carbocycles. The van der Waals surface area contributed by atoms with E-state index in [4.69, 9.17) is 11.6 Å². The molecular weight excluding hydrogens is 476 g/mol. The Morgan fingerprint density at radius 1 is 1.11 bits per heavy atom. The van der Waals surface area contributed by atoms with E-state index in [1.807, 2.05) is 24.3 Å². The molecule has 1 N–H and O–H groups in total. The Hall–Kier alpha value is -2.64. The predicted octanol–water partition coefficient (Wildman–Crippen LogP) is 4.50. The molecule has 1 saturated heterocycles. The van der Waals surface area contributed by atoms with Crippen LogP contribution in [0, 0.1) is 5.92 Å². The van der Waals surface area contributed by atoms with Crippen LogP contribution in [-0.4, -0.2) is 72.5 Å². The highest BCUT2D eigenvalue weighted by Crippen LogP contribution is 2.40. The van der Waals surface area contributed by atoms with Crippen LogP contribution in [0.4, 0.5) is 5.82 Å². The number of nitrogens with zero attached hydrogens (tertiary/aromatic N) is 4. The Balaban J connectivity index is 1.21. The summed E-state index contributed by atoms with van der Waals surface area (Å²) in [4.78, 5) is 34.8. The minimum Gasteiger partial charge on any atom is -0.378 e. The third kappa shape index (κ3) is 6.37. The number of carbonyl (C=O) groups excluding carboxylic acids is 2. The van der Waals surface area contributed by atoms with Gasteiger partial charge >= 0.3 is 0 Å². The summed E-state index contributed by atoms with van der Waals surface area (Å²) in [5, 5.41) is 10.9. The van der Waals surface area contributed by atoms with Crippen molar-refractivity contribution in [2.24, 2.45) is 5.92 Å². The second-order valence-electron chi connectivity index (χ2n) is 10.4. The topological polar surface area (TPSA) is 77.0 Å². The average molecular weight is 513 g/mol. The van der Waals surface area contributed by atoms with E-state index in [-0.39, 0.29) is 17.0 Å². The van der Waals surface area contributed by atoms with Crippen LogP contribution in [0.15, 0.2) is 36.4 Å². The highest BCUT2D eigenvalue weighted by atomic mass is 35.5. The maximum Gasteiger partial charge on any atom is 0.256 e. The number of carbonyl (C=O) groups is 2. The Morgan fingerprint density at radius 2 is 1.83 bits per heavy atom. The normalized spacial score (nSPS) is 17.1. The summed E-state index contributed by atoms with van der Waals surface area (Å²) >= 11 is 6.29. The average Bonchev–Trinajstić information content (AvgIpc) is 3.73. The van der Waals surface area contributed by atoms with Crippen LogP contribution in [0.3, 0.4) is 0 Å². The molecule has 1 aliphatic heterocycles. The van der Waals surface area contributed by atoms with Gasteiger partial charge < -0.3 is 19.8 Å². The van der Waals surface area contributed by atoms with Crippen LogP contribution in [0.25, 0.3) is 0 Å². The van der Waals surface area contributed by atoms with Crippen molar-refractivity contribution in [2.75, 3.05) is 45.7 Å². The van der Waals surface area contributed by atoms with Gasteiger partial charge in [0.05, 0.1) is 5.56 Å². The molecule has 194 valence electrons. The molecule has 2 aromatic rings. The number of aromatic nitrogens is 1. The van der Waals surface area contributed by atoms with Crippen molar-refractivity contribution in [3.05, 3.63) is 58.2 Å². The Bertz CT molecular complexity index is 1080. The molecule has 0 radical (unpaired) electrons. The number of benzene rings is 1. The van der Waals surface area contributed by atoms with Gasteiger partial charge in [-0.1, -0.05) is 35.9 Å². The van der Waals surface area contributed by atoms with Gasteiger partial charge in [-0.15, -0.1) is 0 Å². The van der Waals surface area contributed by atoms with E-state index in [0.717, 1.165) is 44.6 Å². The van der Waals surface area contributed by atoms with Crippen molar-refractivity contribution < 1.29 is 14.7 Å². The first-order valence-corrected chi connectivity index (χ1v) is 13.3. The zero-order valence-corrected chi connectivity index (χ0v) is 22.2. The lowest BCUT2D eigenvalue weighted by Gasteiger charge is -2.33. The zero-order valence-electron chi connectivity index (χ0n) is 21.5. The van der Waals surface area contributed by atoms with Gasteiger partial charge in [0.1, 0.15) is 11.0 Å². The fraction of sp³-hybridized carbons (Fsp3) is 0.536. The van der Waals surface area contributed by atoms with E-state index in [1.165, 1.54) is 23.3 Å². The molecule has 0 spiro atoms. The maximum atomic E-state index is 12.8. The standard InChI is InChI=1S/C28H37ClN4O3/c1-31(2)27(35)23-11-12-24(30-26(23)29)33-16-13-19(14-17-33)6-5-15-32(3)28(36)25(34)22-8-4-7-21(18-22)20-9-10-20/h4,7-8,11-12,18-20,25,34H,5-6,9-10,13-17H2,1-3H3. The second kappa shape index (κ2) is 11.6. The van der Waals surface area contributed by atoms with Crippen LogP contribution in [-0.2, 0) is 4.79 Å². The minimum absolute atomic E-state index is 0.152. The predicted molar refractivity (Wildman–Crippen MR) is 142 cm³/mol. The molecule has 1 unspecified atom stereocenters. The number of aliphatic hydroxyl groups is 1. The van der Waals surface area contributed by atoms with Gasteiger partial charge in [-0.25, -0.2) is 4.98 Å². The molecule has 1 atom stereocenters. The third-order valence-electron chi connectivity index (χ3n) is 7.40. The molecule has 2 fully saturated rings. The monoisotopic (exact) mass is 512 g/mol. The van der Waals surface area contributed by atoms with Gasteiger partial charge in [0.2, 0.25) is 0 Å². The highest BCUT2D eigenvalue weighted by molar-refractivity contribution is 6.32. The summed E-state index contributed by atoms with van der Waals surface area (Å²) in [6.07, 6.45) is 5.34. The van der Waals surface area contributed by atoms with Crippen LogP contribution in [0.1, 0.15) is 72.0 Å². The first kappa shape index (κ1) is 26.4. The van der Waals surface area contributed by atoms with Gasteiger partial charge in [-0.3, -0.25) is 9.59 Å². The molecule has 1 saturated carbocycles. The number of aliphatic hydroxyl groups excluding tert-OH is 1. The first-order chi connectivity index (χ1) is 17.2. The second-order valence-corrected chi connectivity index (χ2v) is 10.7. The van der Waals surface area contributed by atoms with E-state index in [2.05, 4.69) is 16.0 Å². The highest BCUT2D eigenvalue weighted by Gasteiger charge is 2.27. The van der Waals surface area contributed by atoms with E-state index >= 15 is 0 Å². The van der Waals surface area contributed by atoms with Crippen LogP contribution in [0.2, 0.25) is 5.15 Å². The number of halogens is 1. The van der Waals surface area contributed by atoms with Crippen molar-refractivity contribution >= 4 is 29.2 Å². The lowest BCUT2D eigenvalue weighted by Crippen LogP contribution is -2.35. The first-order valence-electron chi connectivity index (χ1n) is 12.9. The van der Waals surface area contributed by atoms with Gasteiger partial charge in [0.15, 0.2) is 6.10 Å². The maximum absolute atomic E-state index is 12.8. The van der Waals surface area contributed by atoms with Crippen molar-refractivity contribution in [3.8, 4) is 0 Å². The summed E-state index contributed by atoms with van der Waals surface area (Å²) in [5.74, 6) is 1.60. The number of amides is 2. The summed E-state index contributed by atoms with van der Waals surface area (Å²) in [5.41, 5.74) is 2.33.